The molecule has 0 radical (unpaired) electrons. The fourth-order valence-corrected chi connectivity index (χ4v) is 7.70. The number of benzene rings is 4. The van der Waals surface area contributed by atoms with Crippen LogP contribution in [0.15, 0.2) is 42.2 Å². The fourth-order valence-electron chi connectivity index (χ4n) is 5.34. The maximum absolute atomic E-state index is 12.0. The van der Waals surface area contributed by atoms with E-state index in [1.807, 2.05) is 0 Å². The van der Waals surface area contributed by atoms with Gasteiger partial charge in [0.15, 0.2) is 0 Å². The number of hydrogen-bond acceptors (Lipinski definition) is 12. The van der Waals surface area contributed by atoms with Crippen LogP contribution in [-0.4, -0.2) is 47.8 Å². The Labute approximate surface area is 275 Å². The van der Waals surface area contributed by atoms with Gasteiger partial charge in [-0.25, -0.2) is 38.4 Å². The molecule has 4 heterocycles. The summed E-state index contributed by atoms with van der Waals surface area (Å²) in [6, 6.07) is 5.52. The highest BCUT2D eigenvalue weighted by molar-refractivity contribution is 9.11. The van der Waals surface area contributed by atoms with Gasteiger partial charge in [-0.3, -0.25) is 0 Å². The van der Waals surface area contributed by atoms with Crippen LogP contribution in [0.1, 0.15) is 82.9 Å². The first-order valence-electron chi connectivity index (χ1n) is 11.8. The monoisotopic (exact) mass is 848 g/mol. The molecule has 16 heteroatoms. The van der Waals surface area contributed by atoms with E-state index in [-0.39, 0.29) is 83.9 Å². The summed E-state index contributed by atoms with van der Waals surface area (Å²) < 4.78 is 19.9. The molecule has 0 atom stereocenters. The van der Waals surface area contributed by atoms with Crippen molar-refractivity contribution in [1.82, 2.24) is 0 Å². The average Bonchev–Trinajstić information content (AvgIpc) is 2.93. The molecule has 0 N–H and O–H groups in total. The van der Waals surface area contributed by atoms with Gasteiger partial charge in [0, 0.05) is 39.4 Å². The molecule has 12 nitrogen and oxygen atoms in total. The van der Waals surface area contributed by atoms with Gasteiger partial charge in [0.2, 0.25) is 0 Å². The third kappa shape index (κ3) is 3.84. The molecule has 0 amide bonds. The molecule has 0 aliphatic carbocycles. The lowest BCUT2D eigenvalue weighted by Crippen LogP contribution is -2.26. The molecule has 4 aromatic rings. The Morgan fingerprint density at radius 1 is 0.318 bits per heavy atom. The molecule has 4 aliphatic rings. The minimum Gasteiger partial charge on any atom is -0.386 e. The Morgan fingerprint density at radius 3 is 0.864 bits per heavy atom. The van der Waals surface area contributed by atoms with Crippen molar-refractivity contribution < 1.29 is 57.3 Å². The first-order valence-corrected chi connectivity index (χ1v) is 15.0. The van der Waals surface area contributed by atoms with Crippen molar-refractivity contribution in [3.63, 3.8) is 0 Å². The van der Waals surface area contributed by atoms with Crippen molar-refractivity contribution in [2.45, 2.75) is 0 Å². The van der Waals surface area contributed by atoms with Crippen LogP contribution in [0.25, 0.3) is 21.5 Å². The van der Waals surface area contributed by atoms with Crippen molar-refractivity contribution in [2.24, 2.45) is 0 Å². The molecular weight excluding hydrogens is 848 g/mol. The largest absolute Gasteiger partial charge is 0.386 e. The average molecular weight is 852 g/mol. The van der Waals surface area contributed by atoms with E-state index in [1.165, 1.54) is 24.3 Å². The molecule has 0 saturated carbocycles. The Bertz CT molecular complexity index is 2120. The predicted octanol–water partition coefficient (Wildman–Crippen LogP) is 5.97. The van der Waals surface area contributed by atoms with Gasteiger partial charge in [0.05, 0.1) is 44.5 Å². The molecular formula is C28H4Br4O12. The summed E-state index contributed by atoms with van der Waals surface area (Å²) in [5.41, 5.74) is 0.814. The highest BCUT2D eigenvalue weighted by atomic mass is 79.9. The van der Waals surface area contributed by atoms with Gasteiger partial charge in [-0.05, 0) is 88.0 Å². The molecule has 44 heavy (non-hydrogen) atoms. The third-order valence-corrected chi connectivity index (χ3v) is 9.56. The van der Waals surface area contributed by atoms with Crippen molar-refractivity contribution >= 4 is 133 Å². The maximum atomic E-state index is 12.0. The number of rotatable bonds is 0. The van der Waals surface area contributed by atoms with Crippen LogP contribution in [-0.2, 0) is 18.9 Å². The van der Waals surface area contributed by atoms with E-state index >= 15 is 0 Å². The highest BCUT2D eigenvalue weighted by Gasteiger charge is 2.40. The van der Waals surface area contributed by atoms with E-state index in [4.69, 9.17) is 14.2 Å². The van der Waals surface area contributed by atoms with Crippen molar-refractivity contribution in [3.05, 3.63) is 86.7 Å². The smallest absolute Gasteiger partial charge is 0.347 e. The zero-order chi connectivity index (χ0) is 31.5. The molecule has 0 saturated heterocycles. The minimum atomic E-state index is -0.841. The molecule has 0 fully saturated rings. The minimum absolute atomic E-state index is 0.0957. The lowest BCUT2D eigenvalue weighted by molar-refractivity contribution is 0.0364. The first kappa shape index (κ1) is 28.6. The number of halogens is 4. The second-order valence-corrected chi connectivity index (χ2v) is 12.7. The zero-order valence-corrected chi connectivity index (χ0v) is 27.1. The van der Waals surface area contributed by atoms with Crippen LogP contribution in [0.2, 0.25) is 0 Å². The highest BCUT2D eigenvalue weighted by Crippen LogP contribution is 2.44. The summed E-state index contributed by atoms with van der Waals surface area (Å²) in [7, 11) is 0. The van der Waals surface area contributed by atoms with Crippen LogP contribution >= 0.6 is 63.7 Å². The van der Waals surface area contributed by atoms with Gasteiger partial charge in [0.1, 0.15) is 0 Å². The van der Waals surface area contributed by atoms with E-state index in [1.54, 1.807) is 0 Å². The van der Waals surface area contributed by atoms with Crippen LogP contribution in [0.3, 0.4) is 0 Å². The Hall–Kier alpha value is -4.12. The standard InChI is InChI=1S/2C14H2Br2O6/c15-5-1-3-7-8-4(12(18)22-13(19)9(5)8)2-6(16)10(7)14(20)21-11(3)17;15-5-1-3-7-4(12(18)21-11(3)17)2-6(16)9-10(7)8(5)13(19)22-14(9)20/h2*1-2H. The van der Waals surface area contributed by atoms with Crippen LogP contribution in [0.5, 0.6) is 0 Å². The summed E-state index contributed by atoms with van der Waals surface area (Å²) in [5, 5.41) is 0.866. The summed E-state index contributed by atoms with van der Waals surface area (Å²) in [4.78, 5) is 95.8. The Morgan fingerprint density at radius 2 is 0.545 bits per heavy atom. The normalized spacial score (nSPS) is 15.9. The molecule has 4 aromatic carbocycles. The lowest BCUT2D eigenvalue weighted by Gasteiger charge is -2.23. The Balaban J connectivity index is 0.000000142. The third-order valence-electron chi connectivity index (χ3n) is 7.05. The van der Waals surface area contributed by atoms with Gasteiger partial charge in [-0.2, -0.15) is 0 Å². The molecule has 0 spiro atoms. The van der Waals surface area contributed by atoms with Crippen LogP contribution in [0.4, 0.5) is 0 Å². The molecule has 8 rings (SSSR count). The number of carbonyl (C=O) groups excluding carboxylic acids is 8. The van der Waals surface area contributed by atoms with E-state index < -0.39 is 47.8 Å². The lowest BCUT2D eigenvalue weighted by atomic mass is 9.89. The molecule has 0 bridgehead atoms. The van der Waals surface area contributed by atoms with Gasteiger partial charge in [-0.1, -0.05) is 0 Å². The molecule has 4 aliphatic heterocycles. The second-order valence-electron chi connectivity index (χ2n) is 9.33. The van der Waals surface area contributed by atoms with E-state index in [9.17, 15) is 38.4 Å². The molecule has 216 valence electrons. The van der Waals surface area contributed by atoms with Crippen LogP contribution in [0, 0.1) is 0 Å². The SMILES string of the molecule is O=C1OC(=O)c2c(Br)cc3c4c(c(Br)cc1c24)C(=O)OC3=O.O=C1OC(=O)c2cc(Br)c3c4c(c(Br)cc1c24)C(=O)OC3=O. The number of ether oxygens (including phenoxy) is 4. The van der Waals surface area contributed by atoms with Crippen molar-refractivity contribution in [3.8, 4) is 0 Å². The summed E-state index contributed by atoms with van der Waals surface area (Å²) in [6.07, 6.45) is 0. The van der Waals surface area contributed by atoms with Crippen molar-refractivity contribution in [2.75, 3.05) is 0 Å². The number of cyclic esters (lactones) is 8. The van der Waals surface area contributed by atoms with Gasteiger partial charge in [0.25, 0.3) is 0 Å². The quantitative estimate of drug-likeness (QED) is 0.115. The topological polar surface area (TPSA) is 173 Å². The number of hydrogen-bond donors (Lipinski definition) is 0. The first-order chi connectivity index (χ1) is 20.8. The van der Waals surface area contributed by atoms with Crippen LogP contribution < -0.4 is 0 Å². The molecule has 0 unspecified atom stereocenters. The van der Waals surface area contributed by atoms with Crippen molar-refractivity contribution in [1.29, 1.82) is 0 Å². The fraction of sp³-hybridized carbons (Fsp3) is 0. The van der Waals surface area contributed by atoms with Gasteiger partial charge in [-0.15, -0.1) is 0 Å². The Kier molecular flexibility index (Phi) is 6.31. The van der Waals surface area contributed by atoms with E-state index in [2.05, 4.69) is 68.5 Å². The summed E-state index contributed by atoms with van der Waals surface area (Å²) >= 11 is 12.8. The second kappa shape index (κ2) is 9.69. The predicted molar refractivity (Wildman–Crippen MR) is 158 cm³/mol. The number of carbonyl (C=O) groups is 8. The van der Waals surface area contributed by atoms with Gasteiger partial charge < -0.3 is 18.9 Å². The van der Waals surface area contributed by atoms with E-state index in [0.29, 0.717) is 0 Å². The zero-order valence-electron chi connectivity index (χ0n) is 20.7. The summed E-state index contributed by atoms with van der Waals surface area (Å²) in [6.45, 7) is 0. The summed E-state index contributed by atoms with van der Waals surface area (Å²) in [5.74, 6) is -6.68. The number of esters is 8. The maximum Gasteiger partial charge on any atom is 0.347 e. The molecule has 0 aromatic heterocycles. The van der Waals surface area contributed by atoms with E-state index in [0.717, 1.165) is 0 Å². The van der Waals surface area contributed by atoms with Gasteiger partial charge >= 0.3 is 47.8 Å².